The largest absolute Gasteiger partial charge is 0.465 e. The number of hydrogen-bond acceptors (Lipinski definition) is 9. The average Bonchev–Trinajstić information content (AvgIpc) is 2.75. The topological polar surface area (TPSA) is 89.0 Å². The summed E-state index contributed by atoms with van der Waals surface area (Å²) in [6.07, 6.45) is 5.15. The first kappa shape index (κ1) is 19.5. The van der Waals surface area contributed by atoms with Crippen molar-refractivity contribution in [2.75, 3.05) is 23.0 Å². The maximum atomic E-state index is 11.4. The molecule has 7 nitrogen and oxygen atoms in total. The maximum absolute atomic E-state index is 11.4. The van der Waals surface area contributed by atoms with Crippen LogP contribution in [0.15, 0.2) is 63.9 Å². The molecule has 148 valence electrons. The number of carbonyl (C=O) groups is 1. The highest BCUT2D eigenvalue weighted by Crippen LogP contribution is 2.42. The van der Waals surface area contributed by atoms with Crippen LogP contribution in [0.3, 0.4) is 0 Å². The fourth-order valence-electron chi connectivity index (χ4n) is 2.70. The lowest BCUT2D eigenvalue weighted by Gasteiger charge is -2.19. The molecule has 2 aromatic heterocycles. The zero-order valence-electron chi connectivity index (χ0n) is 15.7. The molecule has 0 aliphatic carbocycles. The van der Waals surface area contributed by atoms with Gasteiger partial charge in [0.25, 0.3) is 0 Å². The number of hydrogen-bond donors (Lipinski definition) is 2. The van der Waals surface area contributed by atoms with Gasteiger partial charge in [0.05, 0.1) is 35.0 Å². The standard InChI is InChI=1S/C20H19N5O2S2/c1-2-27-18(26)12-28-17-6-4-14(11-24-17)23-10-13-3-5-16-15(9-13)25-19-20(29-16)22-8-7-21-19/h3-9,11,23H,2,10,12H2,1H3,(H,21,25). The van der Waals surface area contributed by atoms with Crippen molar-refractivity contribution in [3.8, 4) is 0 Å². The zero-order valence-corrected chi connectivity index (χ0v) is 17.3. The summed E-state index contributed by atoms with van der Waals surface area (Å²) in [6, 6.07) is 10.2. The van der Waals surface area contributed by atoms with Crippen molar-refractivity contribution in [3.05, 3.63) is 54.5 Å². The average molecular weight is 426 g/mol. The summed E-state index contributed by atoms with van der Waals surface area (Å²) in [6.45, 7) is 2.86. The summed E-state index contributed by atoms with van der Waals surface area (Å²) < 4.78 is 4.92. The fraction of sp³-hybridized carbons (Fsp3) is 0.200. The molecule has 0 fully saturated rings. The summed E-state index contributed by atoms with van der Waals surface area (Å²) in [5.41, 5.74) is 3.10. The molecule has 1 aliphatic rings. The first-order valence-electron chi connectivity index (χ1n) is 9.08. The number of carbonyl (C=O) groups excluding carboxylic acids is 1. The molecule has 0 amide bonds. The molecule has 1 aromatic carbocycles. The Kier molecular flexibility index (Phi) is 6.16. The Hall–Kier alpha value is -2.78. The van der Waals surface area contributed by atoms with Crippen LogP contribution in [0.5, 0.6) is 0 Å². The number of esters is 1. The van der Waals surface area contributed by atoms with Crippen LogP contribution < -0.4 is 10.6 Å². The SMILES string of the molecule is CCOC(=O)CSc1ccc(NCc2ccc3c(c2)Nc2nccnc2S3)cn1. The normalized spacial score (nSPS) is 11.8. The van der Waals surface area contributed by atoms with Crippen LogP contribution in [0.4, 0.5) is 17.2 Å². The lowest BCUT2D eigenvalue weighted by molar-refractivity contribution is -0.139. The van der Waals surface area contributed by atoms with Gasteiger partial charge < -0.3 is 15.4 Å². The number of thioether (sulfide) groups is 1. The molecule has 29 heavy (non-hydrogen) atoms. The number of ether oxygens (including phenoxy) is 1. The summed E-state index contributed by atoms with van der Waals surface area (Å²) >= 11 is 2.98. The number of fused-ring (bicyclic) bond motifs is 2. The van der Waals surface area contributed by atoms with E-state index in [1.165, 1.54) is 11.8 Å². The minimum Gasteiger partial charge on any atom is -0.465 e. The van der Waals surface area contributed by atoms with E-state index in [4.69, 9.17) is 4.74 Å². The van der Waals surface area contributed by atoms with Gasteiger partial charge in [0, 0.05) is 23.8 Å². The molecular formula is C20H19N5O2S2. The molecule has 3 aromatic rings. The quantitative estimate of drug-likeness (QED) is 0.331. The third-order valence-electron chi connectivity index (χ3n) is 4.04. The first-order chi connectivity index (χ1) is 14.2. The predicted molar refractivity (Wildman–Crippen MR) is 115 cm³/mol. The van der Waals surface area contributed by atoms with Crippen LogP contribution in [-0.2, 0) is 16.1 Å². The fourth-order valence-corrected chi connectivity index (χ4v) is 4.22. The summed E-state index contributed by atoms with van der Waals surface area (Å²) in [5.74, 6) is 0.825. The second-order valence-electron chi connectivity index (χ2n) is 6.10. The molecule has 3 heterocycles. The monoisotopic (exact) mass is 425 g/mol. The highest BCUT2D eigenvalue weighted by atomic mass is 32.2. The van der Waals surface area contributed by atoms with Gasteiger partial charge in [-0.3, -0.25) is 4.79 Å². The minimum absolute atomic E-state index is 0.228. The summed E-state index contributed by atoms with van der Waals surface area (Å²) in [5, 5.41) is 8.39. The molecule has 1 aliphatic heterocycles. The van der Waals surface area contributed by atoms with Gasteiger partial charge in [-0.1, -0.05) is 29.6 Å². The molecular weight excluding hydrogens is 406 g/mol. The Morgan fingerprint density at radius 1 is 1.21 bits per heavy atom. The predicted octanol–water partition coefficient (Wildman–Crippen LogP) is 4.35. The zero-order chi connectivity index (χ0) is 20.1. The van der Waals surface area contributed by atoms with Crippen LogP contribution in [0.25, 0.3) is 0 Å². The molecule has 9 heteroatoms. The Labute approximate surface area is 177 Å². The van der Waals surface area contributed by atoms with Gasteiger partial charge in [-0.15, -0.1) is 0 Å². The minimum atomic E-state index is -0.228. The van der Waals surface area contributed by atoms with Gasteiger partial charge in [-0.05, 0) is 36.8 Å². The highest BCUT2D eigenvalue weighted by Gasteiger charge is 2.17. The van der Waals surface area contributed by atoms with Crippen molar-refractivity contribution >= 4 is 46.7 Å². The van der Waals surface area contributed by atoms with E-state index in [2.05, 4.69) is 43.8 Å². The number of rotatable bonds is 7. The summed E-state index contributed by atoms with van der Waals surface area (Å²) in [7, 11) is 0. The lowest BCUT2D eigenvalue weighted by atomic mass is 10.2. The Balaban J connectivity index is 1.33. The Morgan fingerprint density at radius 2 is 2.10 bits per heavy atom. The van der Waals surface area contributed by atoms with Crippen molar-refractivity contribution in [3.63, 3.8) is 0 Å². The van der Waals surface area contributed by atoms with Crippen molar-refractivity contribution in [1.82, 2.24) is 15.0 Å². The van der Waals surface area contributed by atoms with Crippen molar-refractivity contribution in [2.24, 2.45) is 0 Å². The first-order valence-corrected chi connectivity index (χ1v) is 10.9. The number of anilines is 3. The van der Waals surface area contributed by atoms with Crippen molar-refractivity contribution < 1.29 is 9.53 Å². The van der Waals surface area contributed by atoms with Crippen LogP contribution in [-0.4, -0.2) is 33.3 Å². The van der Waals surface area contributed by atoms with Crippen LogP contribution in [0, 0.1) is 0 Å². The van der Waals surface area contributed by atoms with Crippen LogP contribution in [0.2, 0.25) is 0 Å². The smallest absolute Gasteiger partial charge is 0.316 e. The van der Waals surface area contributed by atoms with E-state index in [1.54, 1.807) is 37.3 Å². The number of aromatic nitrogens is 3. The van der Waals surface area contributed by atoms with E-state index in [0.29, 0.717) is 13.2 Å². The molecule has 0 bridgehead atoms. The van der Waals surface area contributed by atoms with E-state index < -0.39 is 0 Å². The molecule has 0 radical (unpaired) electrons. The number of nitrogens with one attached hydrogen (secondary N) is 2. The lowest BCUT2D eigenvalue weighted by Crippen LogP contribution is -2.07. The number of pyridine rings is 1. The van der Waals surface area contributed by atoms with Gasteiger partial charge >= 0.3 is 5.97 Å². The molecule has 0 spiro atoms. The highest BCUT2D eigenvalue weighted by molar-refractivity contribution is 8.00. The van der Waals surface area contributed by atoms with Gasteiger partial charge in [-0.25, -0.2) is 15.0 Å². The van der Waals surface area contributed by atoms with E-state index in [0.717, 1.165) is 37.7 Å². The van der Waals surface area contributed by atoms with Gasteiger partial charge in [0.1, 0.15) is 5.03 Å². The second kappa shape index (κ2) is 9.15. The van der Waals surface area contributed by atoms with Gasteiger partial charge in [0.2, 0.25) is 0 Å². The number of benzene rings is 1. The van der Waals surface area contributed by atoms with E-state index in [9.17, 15) is 4.79 Å². The Morgan fingerprint density at radius 3 is 2.93 bits per heavy atom. The van der Waals surface area contributed by atoms with Crippen molar-refractivity contribution in [1.29, 1.82) is 0 Å². The molecule has 0 unspecified atom stereocenters. The third kappa shape index (κ3) is 4.99. The van der Waals surface area contributed by atoms with Gasteiger partial charge in [-0.2, -0.15) is 0 Å². The molecule has 2 N–H and O–H groups in total. The van der Waals surface area contributed by atoms with E-state index >= 15 is 0 Å². The van der Waals surface area contributed by atoms with Crippen molar-refractivity contribution in [2.45, 2.75) is 28.4 Å². The van der Waals surface area contributed by atoms with Crippen LogP contribution in [0.1, 0.15) is 12.5 Å². The van der Waals surface area contributed by atoms with Crippen LogP contribution >= 0.6 is 23.5 Å². The molecule has 0 saturated carbocycles. The van der Waals surface area contributed by atoms with E-state index in [-0.39, 0.29) is 11.7 Å². The molecule has 0 saturated heterocycles. The van der Waals surface area contributed by atoms with E-state index in [1.807, 2.05) is 12.1 Å². The number of nitrogens with zero attached hydrogens (tertiary/aromatic N) is 3. The molecule has 0 atom stereocenters. The Bertz CT molecular complexity index is 1010. The third-order valence-corrected chi connectivity index (χ3v) is 6.03. The maximum Gasteiger partial charge on any atom is 0.316 e. The van der Waals surface area contributed by atoms with Gasteiger partial charge in [0.15, 0.2) is 5.82 Å². The second-order valence-corrected chi connectivity index (χ2v) is 8.13. The molecule has 4 rings (SSSR count). The summed E-state index contributed by atoms with van der Waals surface area (Å²) in [4.78, 5) is 25.6.